The van der Waals surface area contributed by atoms with Crippen LogP contribution in [0.15, 0.2) is 41.5 Å². The highest BCUT2D eigenvalue weighted by Crippen LogP contribution is 2.12. The van der Waals surface area contributed by atoms with Gasteiger partial charge in [-0.15, -0.1) is 0 Å². The normalized spacial score (nSPS) is 11.1. The van der Waals surface area contributed by atoms with Crippen LogP contribution in [-0.2, 0) is 13.6 Å². The Hall–Kier alpha value is -2.14. The van der Waals surface area contributed by atoms with Crippen LogP contribution in [0.25, 0.3) is 11.2 Å². The van der Waals surface area contributed by atoms with Gasteiger partial charge in [-0.3, -0.25) is 9.36 Å². The summed E-state index contributed by atoms with van der Waals surface area (Å²) in [5, 5.41) is 0.160. The molecule has 96 valence electrons. The second kappa shape index (κ2) is 4.51. The molecular formula is C13H11ClN4O. The van der Waals surface area contributed by atoms with Crippen molar-refractivity contribution in [2.24, 2.45) is 7.05 Å². The topological polar surface area (TPSA) is 52.7 Å². The number of fused-ring (bicyclic) bond motifs is 1. The Morgan fingerprint density at radius 1 is 1.26 bits per heavy atom. The predicted molar refractivity (Wildman–Crippen MR) is 73.3 cm³/mol. The zero-order valence-corrected chi connectivity index (χ0v) is 11.0. The molecule has 6 heteroatoms. The van der Waals surface area contributed by atoms with E-state index in [0.29, 0.717) is 17.7 Å². The lowest BCUT2D eigenvalue weighted by molar-refractivity contribution is 0.798. The summed E-state index contributed by atoms with van der Waals surface area (Å²) in [7, 11) is 1.58. The van der Waals surface area contributed by atoms with Gasteiger partial charge in [-0.2, -0.15) is 4.98 Å². The van der Waals surface area contributed by atoms with Crippen LogP contribution in [0.1, 0.15) is 5.56 Å². The first-order valence-corrected chi connectivity index (χ1v) is 6.16. The first kappa shape index (κ1) is 11.9. The van der Waals surface area contributed by atoms with Gasteiger partial charge in [0.15, 0.2) is 11.2 Å². The van der Waals surface area contributed by atoms with E-state index in [1.807, 2.05) is 34.9 Å². The molecule has 0 aliphatic carbocycles. The molecule has 0 saturated heterocycles. The van der Waals surface area contributed by atoms with Gasteiger partial charge in [0.25, 0.3) is 5.56 Å². The summed E-state index contributed by atoms with van der Waals surface area (Å²) in [5.41, 5.74) is 1.72. The van der Waals surface area contributed by atoms with Crippen molar-refractivity contribution in [3.63, 3.8) is 0 Å². The molecule has 5 nitrogen and oxygen atoms in total. The summed E-state index contributed by atoms with van der Waals surface area (Å²) in [6, 6.07) is 9.91. The van der Waals surface area contributed by atoms with Crippen LogP contribution < -0.4 is 5.56 Å². The molecule has 0 fully saturated rings. The van der Waals surface area contributed by atoms with Gasteiger partial charge in [-0.1, -0.05) is 30.3 Å². The van der Waals surface area contributed by atoms with Gasteiger partial charge in [0.2, 0.25) is 5.28 Å². The molecule has 0 saturated carbocycles. The molecule has 0 unspecified atom stereocenters. The van der Waals surface area contributed by atoms with Crippen molar-refractivity contribution >= 4 is 22.8 Å². The number of nitrogens with zero attached hydrogens (tertiary/aromatic N) is 4. The first-order chi connectivity index (χ1) is 9.16. The van der Waals surface area contributed by atoms with E-state index in [9.17, 15) is 4.79 Å². The fraction of sp³-hybridized carbons (Fsp3) is 0.154. The third kappa shape index (κ3) is 2.02. The van der Waals surface area contributed by atoms with Crippen LogP contribution in [-0.4, -0.2) is 19.1 Å². The molecule has 1 aromatic carbocycles. The Labute approximate surface area is 114 Å². The van der Waals surface area contributed by atoms with Crippen molar-refractivity contribution in [2.45, 2.75) is 6.54 Å². The fourth-order valence-electron chi connectivity index (χ4n) is 1.94. The van der Waals surface area contributed by atoms with E-state index in [0.717, 1.165) is 5.56 Å². The van der Waals surface area contributed by atoms with Crippen LogP contribution in [0, 0.1) is 0 Å². The number of halogens is 1. The molecule has 0 bridgehead atoms. The first-order valence-electron chi connectivity index (χ1n) is 5.78. The molecule has 0 radical (unpaired) electrons. The van der Waals surface area contributed by atoms with E-state index in [1.54, 1.807) is 13.4 Å². The summed E-state index contributed by atoms with van der Waals surface area (Å²) >= 11 is 5.94. The molecule has 0 aliphatic heterocycles. The highest BCUT2D eigenvalue weighted by atomic mass is 35.5. The largest absolute Gasteiger partial charge is 0.311 e. The number of rotatable bonds is 2. The minimum Gasteiger partial charge on any atom is -0.311 e. The van der Waals surface area contributed by atoms with Gasteiger partial charge in [0, 0.05) is 7.05 Å². The average Bonchev–Trinajstić information content (AvgIpc) is 2.81. The van der Waals surface area contributed by atoms with E-state index < -0.39 is 0 Å². The molecule has 2 aromatic heterocycles. The standard InChI is InChI=1S/C13H11ClN4O/c1-17-12(19)10-11(16-13(17)14)18(8-15-10)7-9-5-3-2-4-6-9/h2-6,8H,7H2,1H3. The zero-order chi connectivity index (χ0) is 13.4. The monoisotopic (exact) mass is 274 g/mol. The van der Waals surface area contributed by atoms with Crippen LogP contribution in [0.3, 0.4) is 0 Å². The predicted octanol–water partition coefficient (Wildman–Crippen LogP) is 1.83. The number of imidazole rings is 1. The maximum Gasteiger partial charge on any atom is 0.282 e. The maximum absolute atomic E-state index is 12.0. The van der Waals surface area contributed by atoms with Crippen molar-refractivity contribution < 1.29 is 0 Å². The van der Waals surface area contributed by atoms with Crippen molar-refractivity contribution in [2.75, 3.05) is 0 Å². The van der Waals surface area contributed by atoms with E-state index in [4.69, 9.17) is 11.6 Å². The maximum atomic E-state index is 12.0. The summed E-state index contributed by atoms with van der Waals surface area (Å²) in [6.45, 7) is 0.605. The Bertz CT molecular complexity index is 792. The van der Waals surface area contributed by atoms with Crippen LogP contribution >= 0.6 is 11.6 Å². The van der Waals surface area contributed by atoms with Crippen LogP contribution in [0.5, 0.6) is 0 Å². The third-order valence-corrected chi connectivity index (χ3v) is 3.33. The summed E-state index contributed by atoms with van der Waals surface area (Å²) < 4.78 is 3.10. The molecule has 2 heterocycles. The molecule has 19 heavy (non-hydrogen) atoms. The van der Waals surface area contributed by atoms with Gasteiger partial charge in [-0.05, 0) is 17.2 Å². The summed E-state index contributed by atoms with van der Waals surface area (Å²) in [4.78, 5) is 20.3. The van der Waals surface area contributed by atoms with E-state index in [-0.39, 0.29) is 10.8 Å². The van der Waals surface area contributed by atoms with Crippen molar-refractivity contribution in [1.29, 1.82) is 0 Å². The van der Waals surface area contributed by atoms with Crippen molar-refractivity contribution in [3.8, 4) is 0 Å². The average molecular weight is 275 g/mol. The smallest absolute Gasteiger partial charge is 0.282 e. The van der Waals surface area contributed by atoms with Crippen LogP contribution in [0.2, 0.25) is 5.28 Å². The second-order valence-corrected chi connectivity index (χ2v) is 4.61. The van der Waals surface area contributed by atoms with Crippen molar-refractivity contribution in [3.05, 3.63) is 57.9 Å². The third-order valence-electron chi connectivity index (χ3n) is 2.99. The highest BCUT2D eigenvalue weighted by molar-refractivity contribution is 6.28. The zero-order valence-electron chi connectivity index (χ0n) is 10.2. The SMILES string of the molecule is Cn1c(Cl)nc2c(ncn2Cc2ccccc2)c1=O. The molecule has 3 aromatic rings. The summed E-state index contributed by atoms with van der Waals surface area (Å²) in [5.74, 6) is 0. The molecule has 3 rings (SSSR count). The molecule has 0 amide bonds. The molecule has 0 atom stereocenters. The summed E-state index contributed by atoms with van der Waals surface area (Å²) in [6.07, 6.45) is 1.61. The molecular weight excluding hydrogens is 264 g/mol. The van der Waals surface area contributed by atoms with Crippen LogP contribution in [0.4, 0.5) is 0 Å². The minimum absolute atomic E-state index is 0.160. The molecule has 0 aliphatic rings. The quantitative estimate of drug-likeness (QED) is 0.670. The lowest BCUT2D eigenvalue weighted by Gasteiger charge is -2.05. The van der Waals surface area contributed by atoms with Gasteiger partial charge >= 0.3 is 0 Å². The molecule has 0 N–H and O–H groups in total. The Balaban J connectivity index is 2.14. The van der Waals surface area contributed by atoms with E-state index in [2.05, 4.69) is 9.97 Å². The van der Waals surface area contributed by atoms with Gasteiger partial charge < -0.3 is 4.57 Å². The molecule has 0 spiro atoms. The van der Waals surface area contributed by atoms with Gasteiger partial charge in [-0.25, -0.2) is 4.98 Å². The van der Waals surface area contributed by atoms with E-state index in [1.165, 1.54) is 4.57 Å². The lowest BCUT2D eigenvalue weighted by Crippen LogP contribution is -2.19. The van der Waals surface area contributed by atoms with Crippen molar-refractivity contribution in [1.82, 2.24) is 19.1 Å². The Morgan fingerprint density at radius 2 is 2.00 bits per heavy atom. The number of hydrogen-bond donors (Lipinski definition) is 0. The highest BCUT2D eigenvalue weighted by Gasteiger charge is 2.12. The van der Waals surface area contributed by atoms with E-state index >= 15 is 0 Å². The number of aromatic nitrogens is 4. The fourth-order valence-corrected chi connectivity index (χ4v) is 2.10. The number of benzene rings is 1. The lowest BCUT2D eigenvalue weighted by atomic mass is 10.2. The minimum atomic E-state index is -0.234. The Kier molecular flexibility index (Phi) is 2.83. The Morgan fingerprint density at radius 3 is 2.74 bits per heavy atom. The second-order valence-electron chi connectivity index (χ2n) is 4.28. The number of hydrogen-bond acceptors (Lipinski definition) is 3. The van der Waals surface area contributed by atoms with Gasteiger partial charge in [0.1, 0.15) is 0 Å². The van der Waals surface area contributed by atoms with Gasteiger partial charge in [0.05, 0.1) is 12.9 Å².